The number of hydrogen-bond acceptors (Lipinski definition) is 4. The van der Waals surface area contributed by atoms with E-state index in [1.54, 1.807) is 11.6 Å². The number of carbonyl (C=O) groups is 1. The molecule has 1 aromatic carbocycles. The van der Waals surface area contributed by atoms with Gasteiger partial charge >= 0.3 is 0 Å². The Balaban J connectivity index is 1.86. The molecule has 3 aromatic rings. The first-order valence-corrected chi connectivity index (χ1v) is 8.37. The number of carbonyl (C=O) groups excluding carboxylic acids is 1. The molecule has 0 saturated carbocycles. The van der Waals surface area contributed by atoms with Gasteiger partial charge in [0.2, 0.25) is 11.9 Å². The highest BCUT2D eigenvalue weighted by Gasteiger charge is 2.15. The summed E-state index contributed by atoms with van der Waals surface area (Å²) in [4.78, 5) is 29.3. The molecule has 0 radical (unpaired) electrons. The van der Waals surface area contributed by atoms with E-state index in [9.17, 15) is 9.59 Å². The maximum atomic E-state index is 12.5. The zero-order chi connectivity index (χ0) is 18.7. The predicted octanol–water partition coefficient (Wildman–Crippen LogP) is 1.67. The Hall–Kier alpha value is -3.22. The van der Waals surface area contributed by atoms with Gasteiger partial charge in [-0.05, 0) is 32.4 Å². The molecule has 0 aliphatic heterocycles. The normalized spacial score (nSPS) is 10.7. The first-order chi connectivity index (χ1) is 12.4. The number of nitrogens with zero attached hydrogens (tertiary/aromatic N) is 4. The topological polar surface area (TPSA) is 81.8 Å². The van der Waals surface area contributed by atoms with E-state index in [4.69, 9.17) is 0 Å². The summed E-state index contributed by atoms with van der Waals surface area (Å²) < 4.78 is 2.93. The molecular weight excluding hydrogens is 330 g/mol. The zero-order valence-electron chi connectivity index (χ0n) is 15.1. The molecule has 0 bridgehead atoms. The maximum Gasteiger partial charge on any atom is 0.255 e. The molecule has 0 unspecified atom stereocenters. The van der Waals surface area contributed by atoms with Crippen molar-refractivity contribution >= 4 is 5.91 Å². The molecule has 0 spiro atoms. The fourth-order valence-corrected chi connectivity index (χ4v) is 2.74. The molecule has 26 heavy (non-hydrogen) atoms. The van der Waals surface area contributed by atoms with E-state index in [1.807, 2.05) is 50.2 Å². The van der Waals surface area contributed by atoms with E-state index in [0.717, 1.165) is 17.0 Å². The van der Waals surface area contributed by atoms with Crippen molar-refractivity contribution in [2.24, 2.45) is 0 Å². The molecule has 3 rings (SSSR count). The number of aryl methyl sites for hydroxylation is 3. The molecule has 2 heterocycles. The van der Waals surface area contributed by atoms with Gasteiger partial charge in [-0.3, -0.25) is 14.2 Å². The summed E-state index contributed by atoms with van der Waals surface area (Å²) in [5.41, 5.74) is 2.96. The molecule has 0 aliphatic carbocycles. The standard InChI is InChI=1S/C19H21N5O2/c1-13-10-18(26)23(19(21-13)24-15(3)9-14(2)22-24)12-17(25)20-11-16-7-5-4-6-8-16/h4-10H,11-12H2,1-3H3,(H,20,25). The molecule has 0 fully saturated rings. The van der Waals surface area contributed by atoms with Gasteiger partial charge in [-0.15, -0.1) is 0 Å². The van der Waals surface area contributed by atoms with Crippen molar-refractivity contribution < 1.29 is 4.79 Å². The number of rotatable bonds is 5. The van der Waals surface area contributed by atoms with Crippen LogP contribution < -0.4 is 10.9 Å². The van der Waals surface area contributed by atoms with Crippen LogP contribution >= 0.6 is 0 Å². The summed E-state index contributed by atoms with van der Waals surface area (Å²) in [6.45, 7) is 5.79. The van der Waals surface area contributed by atoms with Gasteiger partial charge in [0.25, 0.3) is 5.56 Å². The molecule has 2 aromatic heterocycles. The number of amides is 1. The summed E-state index contributed by atoms with van der Waals surface area (Å²) in [7, 11) is 0. The average Bonchev–Trinajstić information content (AvgIpc) is 2.94. The van der Waals surface area contributed by atoms with E-state index < -0.39 is 0 Å². The van der Waals surface area contributed by atoms with Gasteiger partial charge in [-0.25, -0.2) is 9.67 Å². The van der Waals surface area contributed by atoms with Gasteiger partial charge in [0, 0.05) is 24.0 Å². The fraction of sp³-hybridized carbons (Fsp3) is 0.263. The Labute approximate surface area is 151 Å². The van der Waals surface area contributed by atoms with Gasteiger partial charge in [0.05, 0.1) is 5.69 Å². The second-order valence-corrected chi connectivity index (χ2v) is 6.22. The summed E-state index contributed by atoms with van der Waals surface area (Å²) >= 11 is 0. The second kappa shape index (κ2) is 7.35. The number of nitrogens with one attached hydrogen (secondary N) is 1. The van der Waals surface area contributed by atoms with Crippen LogP contribution in [0.25, 0.3) is 5.95 Å². The van der Waals surface area contributed by atoms with Crippen molar-refractivity contribution in [3.63, 3.8) is 0 Å². The van der Waals surface area contributed by atoms with Crippen molar-refractivity contribution in [3.8, 4) is 5.95 Å². The lowest BCUT2D eigenvalue weighted by molar-refractivity contribution is -0.121. The Kier molecular flexibility index (Phi) is 4.97. The third-order valence-corrected chi connectivity index (χ3v) is 3.95. The molecule has 1 N–H and O–H groups in total. The summed E-state index contributed by atoms with van der Waals surface area (Å²) in [6, 6.07) is 12.9. The molecular formula is C19H21N5O2. The minimum Gasteiger partial charge on any atom is -0.350 e. The average molecular weight is 351 g/mol. The molecule has 0 atom stereocenters. The Morgan fingerprint density at radius 3 is 2.46 bits per heavy atom. The minimum atomic E-state index is -0.282. The van der Waals surface area contributed by atoms with Crippen LogP contribution in [-0.2, 0) is 17.9 Å². The van der Waals surface area contributed by atoms with Crippen LogP contribution in [0.5, 0.6) is 0 Å². The van der Waals surface area contributed by atoms with Gasteiger partial charge in [0.1, 0.15) is 6.54 Å². The van der Waals surface area contributed by atoms with E-state index in [1.165, 1.54) is 10.6 Å². The van der Waals surface area contributed by atoms with Crippen molar-refractivity contribution in [2.45, 2.75) is 33.9 Å². The first-order valence-electron chi connectivity index (χ1n) is 8.37. The highest BCUT2D eigenvalue weighted by atomic mass is 16.2. The molecule has 0 aliphatic rings. The lowest BCUT2D eigenvalue weighted by atomic mass is 10.2. The monoisotopic (exact) mass is 351 g/mol. The fourth-order valence-electron chi connectivity index (χ4n) is 2.74. The van der Waals surface area contributed by atoms with Crippen LogP contribution in [0.1, 0.15) is 22.6 Å². The SMILES string of the molecule is Cc1cc(=O)n(CC(=O)NCc2ccccc2)c(-n2nc(C)cc2C)n1. The van der Waals surface area contributed by atoms with Gasteiger partial charge in [-0.2, -0.15) is 5.10 Å². The zero-order valence-corrected chi connectivity index (χ0v) is 15.1. The highest BCUT2D eigenvalue weighted by Crippen LogP contribution is 2.09. The Morgan fingerprint density at radius 1 is 1.08 bits per heavy atom. The van der Waals surface area contributed by atoms with E-state index in [0.29, 0.717) is 18.2 Å². The highest BCUT2D eigenvalue weighted by molar-refractivity contribution is 5.75. The summed E-state index contributed by atoms with van der Waals surface area (Å²) in [5.74, 6) is 0.0832. The Morgan fingerprint density at radius 2 is 1.81 bits per heavy atom. The third kappa shape index (κ3) is 3.88. The Bertz CT molecular complexity index is 989. The number of benzene rings is 1. The second-order valence-electron chi connectivity index (χ2n) is 6.22. The van der Waals surface area contributed by atoms with E-state index >= 15 is 0 Å². The smallest absolute Gasteiger partial charge is 0.255 e. The molecule has 1 amide bonds. The largest absolute Gasteiger partial charge is 0.350 e. The lowest BCUT2D eigenvalue weighted by Crippen LogP contribution is -2.34. The lowest BCUT2D eigenvalue weighted by Gasteiger charge is -2.13. The molecule has 134 valence electrons. The quantitative estimate of drug-likeness (QED) is 0.758. The van der Waals surface area contributed by atoms with Crippen LogP contribution in [0.15, 0.2) is 47.3 Å². The van der Waals surface area contributed by atoms with Gasteiger partial charge in [-0.1, -0.05) is 30.3 Å². The maximum absolute atomic E-state index is 12.5. The summed E-state index contributed by atoms with van der Waals surface area (Å²) in [5, 5.41) is 7.22. The van der Waals surface area contributed by atoms with Crippen molar-refractivity contribution in [2.75, 3.05) is 0 Å². The van der Waals surface area contributed by atoms with Crippen LogP contribution in [0.2, 0.25) is 0 Å². The number of hydrogen-bond donors (Lipinski definition) is 1. The van der Waals surface area contributed by atoms with Gasteiger partial charge < -0.3 is 5.32 Å². The molecule has 7 nitrogen and oxygen atoms in total. The van der Waals surface area contributed by atoms with Crippen molar-refractivity contribution in [1.29, 1.82) is 0 Å². The number of aromatic nitrogens is 4. The molecule has 0 saturated heterocycles. The molecule has 7 heteroatoms. The third-order valence-electron chi connectivity index (χ3n) is 3.95. The minimum absolute atomic E-state index is 0.118. The van der Waals surface area contributed by atoms with Crippen LogP contribution in [0.4, 0.5) is 0 Å². The van der Waals surface area contributed by atoms with E-state index in [2.05, 4.69) is 15.4 Å². The van der Waals surface area contributed by atoms with Crippen molar-refractivity contribution in [3.05, 3.63) is 75.5 Å². The van der Waals surface area contributed by atoms with Crippen molar-refractivity contribution in [1.82, 2.24) is 24.6 Å². The first kappa shape index (κ1) is 17.6. The van der Waals surface area contributed by atoms with Crippen LogP contribution in [0, 0.1) is 20.8 Å². The van der Waals surface area contributed by atoms with Crippen LogP contribution in [-0.4, -0.2) is 25.2 Å². The predicted molar refractivity (Wildman–Crippen MR) is 98.1 cm³/mol. The van der Waals surface area contributed by atoms with Crippen LogP contribution in [0.3, 0.4) is 0 Å². The van der Waals surface area contributed by atoms with E-state index in [-0.39, 0.29) is 18.0 Å². The van der Waals surface area contributed by atoms with Gasteiger partial charge in [0.15, 0.2) is 0 Å². The summed E-state index contributed by atoms with van der Waals surface area (Å²) in [6.07, 6.45) is 0.